The summed E-state index contributed by atoms with van der Waals surface area (Å²) in [6, 6.07) is 3.42. The summed E-state index contributed by atoms with van der Waals surface area (Å²) in [5, 5.41) is 26.8. The maximum atomic E-state index is 12.6. The lowest BCUT2D eigenvalue weighted by molar-refractivity contribution is 0.0661. The number of hydrogen-bond donors (Lipinski definition) is 2. The van der Waals surface area contributed by atoms with Crippen LogP contribution in [0.5, 0.6) is 0 Å². The molecule has 2 aromatic heterocycles. The third-order valence-electron chi connectivity index (χ3n) is 3.84. The third kappa shape index (κ3) is 3.08. The van der Waals surface area contributed by atoms with Gasteiger partial charge < -0.3 is 15.1 Å². The second-order valence-corrected chi connectivity index (χ2v) is 5.44. The van der Waals surface area contributed by atoms with Gasteiger partial charge in [-0.05, 0) is 12.1 Å². The highest BCUT2D eigenvalue weighted by molar-refractivity contribution is 5.95. The molecule has 3 heterocycles. The molecule has 1 saturated heterocycles. The first-order valence-electron chi connectivity index (χ1n) is 7.27. The topological polar surface area (TPSA) is 94.2 Å². The highest BCUT2D eigenvalue weighted by atomic mass is 16.3. The van der Waals surface area contributed by atoms with Gasteiger partial charge in [0.15, 0.2) is 5.65 Å². The fraction of sp³-hybridized carbons (Fsp3) is 0.500. The first kappa shape index (κ1) is 14.9. The molecule has 0 aliphatic carbocycles. The molecule has 1 amide bonds. The Morgan fingerprint density at radius 3 is 3.05 bits per heavy atom. The first-order valence-corrected chi connectivity index (χ1v) is 7.27. The standard InChI is InChI=1S/C14H19N5O3/c20-6-5-17-3-4-18(9-12(21)8-17)14(22)11-1-2-19-10-15-16-13(19)7-11/h1-2,7,10,12,20-21H,3-6,8-9H2/t12-/m1/s1. The minimum Gasteiger partial charge on any atom is -0.395 e. The molecule has 0 saturated carbocycles. The lowest BCUT2D eigenvalue weighted by Gasteiger charge is -2.21. The van der Waals surface area contributed by atoms with Gasteiger partial charge in [-0.25, -0.2) is 0 Å². The molecule has 8 heteroatoms. The van der Waals surface area contributed by atoms with Gasteiger partial charge in [0.25, 0.3) is 5.91 Å². The molecule has 0 spiro atoms. The van der Waals surface area contributed by atoms with Gasteiger partial charge in [0.1, 0.15) is 6.33 Å². The van der Waals surface area contributed by atoms with E-state index in [-0.39, 0.29) is 12.5 Å². The fourth-order valence-corrected chi connectivity index (χ4v) is 2.72. The average molecular weight is 305 g/mol. The Labute approximate surface area is 127 Å². The van der Waals surface area contributed by atoms with Crippen molar-refractivity contribution in [1.29, 1.82) is 0 Å². The Morgan fingerprint density at radius 1 is 1.36 bits per heavy atom. The van der Waals surface area contributed by atoms with Gasteiger partial charge >= 0.3 is 0 Å². The Hall–Kier alpha value is -2.03. The molecular formula is C14H19N5O3. The van der Waals surface area contributed by atoms with Crippen molar-refractivity contribution in [3.05, 3.63) is 30.2 Å². The van der Waals surface area contributed by atoms with Crippen molar-refractivity contribution < 1.29 is 15.0 Å². The summed E-state index contributed by atoms with van der Waals surface area (Å²) in [6.45, 7) is 2.46. The van der Waals surface area contributed by atoms with E-state index in [4.69, 9.17) is 5.11 Å². The number of aliphatic hydroxyl groups is 2. The molecule has 0 bridgehead atoms. The molecule has 2 aromatic rings. The molecule has 118 valence electrons. The van der Waals surface area contributed by atoms with Gasteiger partial charge in [-0.3, -0.25) is 14.1 Å². The van der Waals surface area contributed by atoms with Gasteiger partial charge in [-0.2, -0.15) is 0 Å². The number of β-amino-alcohol motifs (C(OH)–C–C–N with tert-alkyl or cyclic N) is 2. The van der Waals surface area contributed by atoms with Crippen LogP contribution in [0.2, 0.25) is 0 Å². The number of carbonyl (C=O) groups is 1. The highest BCUT2D eigenvalue weighted by Gasteiger charge is 2.25. The second kappa shape index (κ2) is 6.39. The van der Waals surface area contributed by atoms with Crippen LogP contribution in [0.25, 0.3) is 5.65 Å². The van der Waals surface area contributed by atoms with Crippen LogP contribution >= 0.6 is 0 Å². The van der Waals surface area contributed by atoms with Crippen LogP contribution < -0.4 is 0 Å². The Bertz CT molecular complexity index is 659. The zero-order chi connectivity index (χ0) is 15.5. The van der Waals surface area contributed by atoms with Crippen molar-refractivity contribution >= 4 is 11.6 Å². The molecule has 22 heavy (non-hydrogen) atoms. The second-order valence-electron chi connectivity index (χ2n) is 5.44. The maximum Gasteiger partial charge on any atom is 0.254 e. The first-order chi connectivity index (χ1) is 10.7. The van der Waals surface area contributed by atoms with E-state index < -0.39 is 6.10 Å². The van der Waals surface area contributed by atoms with Crippen LogP contribution in [0, 0.1) is 0 Å². The minimum absolute atomic E-state index is 0.0458. The summed E-state index contributed by atoms with van der Waals surface area (Å²) >= 11 is 0. The number of hydrogen-bond acceptors (Lipinski definition) is 6. The molecule has 0 unspecified atom stereocenters. The van der Waals surface area contributed by atoms with Gasteiger partial charge in [-0.15, -0.1) is 10.2 Å². The van der Waals surface area contributed by atoms with E-state index in [0.717, 1.165) is 0 Å². The minimum atomic E-state index is -0.616. The van der Waals surface area contributed by atoms with E-state index in [0.29, 0.717) is 43.9 Å². The lowest BCUT2D eigenvalue weighted by atomic mass is 10.2. The van der Waals surface area contributed by atoms with Crippen LogP contribution in [0.4, 0.5) is 0 Å². The quantitative estimate of drug-likeness (QED) is 0.743. The Morgan fingerprint density at radius 2 is 2.23 bits per heavy atom. The SMILES string of the molecule is O=C(c1ccn2cnnc2c1)N1CCN(CCO)C[C@@H](O)C1. The van der Waals surface area contributed by atoms with E-state index in [1.54, 1.807) is 34.0 Å². The summed E-state index contributed by atoms with van der Waals surface area (Å²) in [7, 11) is 0. The molecule has 1 aliphatic rings. The Balaban J connectivity index is 1.75. The largest absolute Gasteiger partial charge is 0.395 e. The van der Waals surface area contributed by atoms with Crippen LogP contribution in [0.1, 0.15) is 10.4 Å². The summed E-state index contributed by atoms with van der Waals surface area (Å²) in [5.41, 5.74) is 1.14. The van der Waals surface area contributed by atoms with E-state index >= 15 is 0 Å². The molecule has 1 atom stereocenters. The van der Waals surface area contributed by atoms with Crippen molar-refractivity contribution in [2.75, 3.05) is 39.3 Å². The number of rotatable bonds is 3. The van der Waals surface area contributed by atoms with Crippen molar-refractivity contribution in [1.82, 2.24) is 24.4 Å². The number of nitrogens with zero attached hydrogens (tertiary/aromatic N) is 5. The number of aromatic nitrogens is 3. The van der Waals surface area contributed by atoms with Crippen molar-refractivity contribution in [2.24, 2.45) is 0 Å². The maximum absolute atomic E-state index is 12.6. The van der Waals surface area contributed by atoms with Crippen molar-refractivity contribution in [3.8, 4) is 0 Å². The van der Waals surface area contributed by atoms with Crippen LogP contribution in [0.15, 0.2) is 24.7 Å². The van der Waals surface area contributed by atoms with Crippen LogP contribution in [-0.4, -0.2) is 86.0 Å². The monoisotopic (exact) mass is 305 g/mol. The van der Waals surface area contributed by atoms with Crippen molar-refractivity contribution in [2.45, 2.75) is 6.10 Å². The number of pyridine rings is 1. The van der Waals surface area contributed by atoms with Gasteiger partial charge in [0, 0.05) is 44.5 Å². The average Bonchev–Trinajstić information content (AvgIpc) is 2.90. The molecular weight excluding hydrogens is 286 g/mol. The smallest absolute Gasteiger partial charge is 0.254 e. The number of amides is 1. The van der Waals surface area contributed by atoms with E-state index in [1.807, 2.05) is 4.90 Å². The number of aliphatic hydroxyl groups excluding tert-OH is 2. The molecule has 1 aliphatic heterocycles. The molecule has 0 aromatic carbocycles. The van der Waals surface area contributed by atoms with Crippen LogP contribution in [-0.2, 0) is 0 Å². The van der Waals surface area contributed by atoms with Gasteiger partial charge in [-0.1, -0.05) is 0 Å². The highest BCUT2D eigenvalue weighted by Crippen LogP contribution is 2.11. The zero-order valence-corrected chi connectivity index (χ0v) is 12.2. The molecule has 0 radical (unpaired) electrons. The summed E-state index contributed by atoms with van der Waals surface area (Å²) in [6.07, 6.45) is 2.70. The van der Waals surface area contributed by atoms with Crippen molar-refractivity contribution in [3.63, 3.8) is 0 Å². The van der Waals surface area contributed by atoms with E-state index in [9.17, 15) is 9.90 Å². The van der Waals surface area contributed by atoms with Gasteiger partial charge in [0.05, 0.1) is 12.7 Å². The molecule has 8 nitrogen and oxygen atoms in total. The number of fused-ring (bicyclic) bond motifs is 1. The van der Waals surface area contributed by atoms with Gasteiger partial charge in [0.2, 0.25) is 0 Å². The summed E-state index contributed by atoms with van der Waals surface area (Å²) in [5.74, 6) is -0.129. The fourth-order valence-electron chi connectivity index (χ4n) is 2.72. The molecule has 2 N–H and O–H groups in total. The van der Waals surface area contributed by atoms with Crippen LogP contribution in [0.3, 0.4) is 0 Å². The molecule has 3 rings (SSSR count). The molecule has 1 fully saturated rings. The Kier molecular flexibility index (Phi) is 4.32. The van der Waals surface area contributed by atoms with E-state index in [2.05, 4.69) is 10.2 Å². The normalized spacial score (nSPS) is 20.3. The summed E-state index contributed by atoms with van der Waals surface area (Å²) < 4.78 is 1.73. The zero-order valence-electron chi connectivity index (χ0n) is 12.2. The lowest BCUT2D eigenvalue weighted by Crippen LogP contribution is -2.37. The predicted molar refractivity (Wildman–Crippen MR) is 78.4 cm³/mol. The van der Waals surface area contributed by atoms with E-state index in [1.165, 1.54) is 0 Å². The summed E-state index contributed by atoms with van der Waals surface area (Å²) in [4.78, 5) is 16.2. The predicted octanol–water partition coefficient (Wildman–Crippen LogP) is -1.16. The third-order valence-corrected chi connectivity index (χ3v) is 3.84. The number of carbonyl (C=O) groups excluding carboxylic acids is 1.